The standard InChI is InChI=1S/C16H12N6O4/c1-26-9-14-18-16-17-8-12-13(21(16)19-14)6-7-20(15(12)23)10-2-4-11(5-3-10)22(24)25/h2-8H,9H2,1H3. The van der Waals surface area contributed by atoms with Crippen molar-refractivity contribution < 1.29 is 9.66 Å². The first kappa shape index (κ1) is 15.8. The van der Waals surface area contributed by atoms with Crippen LogP contribution in [0.15, 0.2) is 47.5 Å². The van der Waals surface area contributed by atoms with Crippen molar-refractivity contribution in [3.05, 3.63) is 69.0 Å². The van der Waals surface area contributed by atoms with E-state index in [1.165, 1.54) is 39.5 Å². The predicted octanol–water partition coefficient (Wildman–Crippen LogP) is 1.48. The van der Waals surface area contributed by atoms with Crippen molar-refractivity contribution in [3.63, 3.8) is 0 Å². The Morgan fingerprint density at radius 2 is 2.00 bits per heavy atom. The molecule has 0 aliphatic heterocycles. The van der Waals surface area contributed by atoms with E-state index in [0.717, 1.165) is 0 Å². The predicted molar refractivity (Wildman–Crippen MR) is 91.3 cm³/mol. The summed E-state index contributed by atoms with van der Waals surface area (Å²) in [5.41, 5.74) is 0.725. The van der Waals surface area contributed by atoms with Crippen molar-refractivity contribution in [2.75, 3.05) is 7.11 Å². The summed E-state index contributed by atoms with van der Waals surface area (Å²) in [6.07, 6.45) is 3.03. The molecule has 0 atom stereocenters. The highest BCUT2D eigenvalue weighted by molar-refractivity contribution is 5.79. The average Bonchev–Trinajstić information content (AvgIpc) is 3.05. The molecule has 0 radical (unpaired) electrons. The minimum absolute atomic E-state index is 0.0424. The molecule has 0 aliphatic carbocycles. The number of ether oxygens (including phenoxy) is 1. The number of nitrogens with zero attached hydrogens (tertiary/aromatic N) is 6. The van der Waals surface area contributed by atoms with Crippen LogP contribution in [0, 0.1) is 10.1 Å². The zero-order valence-corrected chi connectivity index (χ0v) is 13.6. The quantitative estimate of drug-likeness (QED) is 0.403. The lowest BCUT2D eigenvalue weighted by atomic mass is 10.2. The molecule has 0 unspecified atom stereocenters. The number of rotatable bonds is 4. The zero-order valence-electron chi connectivity index (χ0n) is 13.6. The Balaban J connectivity index is 1.88. The number of nitro groups is 1. The van der Waals surface area contributed by atoms with Gasteiger partial charge in [-0.1, -0.05) is 0 Å². The van der Waals surface area contributed by atoms with Crippen LogP contribution in [0.5, 0.6) is 0 Å². The molecule has 0 spiro atoms. The summed E-state index contributed by atoms with van der Waals surface area (Å²) in [5.74, 6) is 0.837. The summed E-state index contributed by atoms with van der Waals surface area (Å²) in [7, 11) is 1.54. The molecule has 0 bridgehead atoms. The molecule has 4 aromatic rings. The summed E-state index contributed by atoms with van der Waals surface area (Å²) in [5, 5.41) is 15.4. The first-order valence-corrected chi connectivity index (χ1v) is 7.58. The molecule has 4 rings (SSSR count). The van der Waals surface area contributed by atoms with Gasteiger partial charge in [0.25, 0.3) is 17.0 Å². The summed E-state index contributed by atoms with van der Waals surface area (Å²) in [6, 6.07) is 7.45. The number of nitro benzene ring substituents is 1. The van der Waals surface area contributed by atoms with Gasteiger partial charge >= 0.3 is 0 Å². The Labute approximate surface area is 145 Å². The molecule has 10 nitrogen and oxygen atoms in total. The number of benzene rings is 1. The highest BCUT2D eigenvalue weighted by atomic mass is 16.6. The minimum atomic E-state index is -0.490. The largest absolute Gasteiger partial charge is 0.377 e. The summed E-state index contributed by atoms with van der Waals surface area (Å²) >= 11 is 0. The lowest BCUT2D eigenvalue weighted by molar-refractivity contribution is -0.384. The van der Waals surface area contributed by atoms with Gasteiger partial charge in [0.15, 0.2) is 5.82 Å². The molecule has 10 heteroatoms. The molecule has 0 N–H and O–H groups in total. The first-order chi connectivity index (χ1) is 12.6. The third-order valence-corrected chi connectivity index (χ3v) is 3.89. The second kappa shape index (κ2) is 6.01. The fourth-order valence-electron chi connectivity index (χ4n) is 2.69. The smallest absolute Gasteiger partial charge is 0.269 e. The molecular weight excluding hydrogens is 340 g/mol. The number of non-ortho nitro benzene ring substituents is 1. The number of hydrogen-bond acceptors (Lipinski definition) is 7. The van der Waals surface area contributed by atoms with Crippen molar-refractivity contribution in [1.82, 2.24) is 24.1 Å². The van der Waals surface area contributed by atoms with E-state index in [9.17, 15) is 14.9 Å². The van der Waals surface area contributed by atoms with Crippen molar-refractivity contribution in [2.24, 2.45) is 0 Å². The molecule has 130 valence electrons. The number of fused-ring (bicyclic) bond motifs is 3. The maximum atomic E-state index is 12.8. The van der Waals surface area contributed by atoms with Gasteiger partial charge in [0.2, 0.25) is 0 Å². The summed E-state index contributed by atoms with van der Waals surface area (Å²) < 4.78 is 7.90. The Morgan fingerprint density at radius 3 is 2.69 bits per heavy atom. The van der Waals surface area contributed by atoms with Crippen LogP contribution in [0.2, 0.25) is 0 Å². The van der Waals surface area contributed by atoms with E-state index in [4.69, 9.17) is 4.74 Å². The third kappa shape index (κ3) is 2.48. The molecule has 0 amide bonds. The Bertz CT molecular complexity index is 1200. The second-order valence-corrected chi connectivity index (χ2v) is 5.49. The average molecular weight is 352 g/mol. The lowest BCUT2D eigenvalue weighted by Crippen LogP contribution is -2.18. The van der Waals surface area contributed by atoms with Gasteiger partial charge in [-0.15, -0.1) is 5.10 Å². The van der Waals surface area contributed by atoms with Crippen LogP contribution in [0.25, 0.3) is 22.4 Å². The van der Waals surface area contributed by atoms with E-state index in [-0.39, 0.29) is 17.9 Å². The van der Waals surface area contributed by atoms with Gasteiger partial charge in [-0.05, 0) is 18.2 Å². The van der Waals surface area contributed by atoms with Crippen LogP contribution >= 0.6 is 0 Å². The molecule has 1 aromatic carbocycles. The van der Waals surface area contributed by atoms with E-state index in [0.29, 0.717) is 28.2 Å². The number of methoxy groups -OCH3 is 1. The Morgan fingerprint density at radius 1 is 1.23 bits per heavy atom. The van der Waals surface area contributed by atoms with Gasteiger partial charge in [-0.25, -0.2) is 4.98 Å². The fraction of sp³-hybridized carbons (Fsp3) is 0.125. The van der Waals surface area contributed by atoms with Crippen LogP contribution < -0.4 is 5.56 Å². The fourth-order valence-corrected chi connectivity index (χ4v) is 2.69. The van der Waals surface area contributed by atoms with Crippen molar-refractivity contribution in [3.8, 4) is 5.69 Å². The third-order valence-electron chi connectivity index (χ3n) is 3.89. The lowest BCUT2D eigenvalue weighted by Gasteiger charge is -2.07. The Hall–Kier alpha value is -3.66. The maximum Gasteiger partial charge on any atom is 0.269 e. The number of aromatic nitrogens is 5. The van der Waals surface area contributed by atoms with Gasteiger partial charge in [0.05, 0.1) is 15.8 Å². The minimum Gasteiger partial charge on any atom is -0.377 e. The Kier molecular flexibility index (Phi) is 3.66. The SMILES string of the molecule is COCc1nc2ncc3c(=O)n(-c4ccc([N+](=O)[O-])cc4)ccc3n2n1. The maximum absolute atomic E-state index is 12.8. The van der Waals surface area contributed by atoms with Crippen LogP contribution in [0.1, 0.15) is 5.82 Å². The molecule has 0 fully saturated rings. The van der Waals surface area contributed by atoms with Crippen LogP contribution in [-0.4, -0.2) is 36.2 Å². The molecule has 3 aromatic heterocycles. The first-order valence-electron chi connectivity index (χ1n) is 7.58. The van der Waals surface area contributed by atoms with E-state index in [1.807, 2.05) is 0 Å². The van der Waals surface area contributed by atoms with Gasteiger partial charge in [-0.3, -0.25) is 19.5 Å². The normalized spacial score (nSPS) is 11.3. The molecule has 0 aliphatic rings. The van der Waals surface area contributed by atoms with E-state index in [1.54, 1.807) is 19.4 Å². The summed E-state index contributed by atoms with van der Waals surface area (Å²) in [4.78, 5) is 31.5. The highest BCUT2D eigenvalue weighted by Crippen LogP contribution is 2.16. The van der Waals surface area contributed by atoms with Crippen LogP contribution in [-0.2, 0) is 11.3 Å². The van der Waals surface area contributed by atoms with Gasteiger partial charge in [-0.2, -0.15) is 9.50 Å². The van der Waals surface area contributed by atoms with Crippen molar-refractivity contribution in [1.29, 1.82) is 0 Å². The molecule has 0 saturated heterocycles. The van der Waals surface area contributed by atoms with Crippen LogP contribution in [0.3, 0.4) is 0 Å². The van der Waals surface area contributed by atoms with Gasteiger partial charge < -0.3 is 4.74 Å². The highest BCUT2D eigenvalue weighted by Gasteiger charge is 2.12. The molecule has 3 heterocycles. The molecule has 26 heavy (non-hydrogen) atoms. The number of hydrogen-bond donors (Lipinski definition) is 0. The second-order valence-electron chi connectivity index (χ2n) is 5.49. The van der Waals surface area contributed by atoms with E-state index < -0.39 is 4.92 Å². The zero-order chi connectivity index (χ0) is 18.3. The topological polar surface area (TPSA) is 117 Å². The monoisotopic (exact) mass is 352 g/mol. The van der Waals surface area contributed by atoms with E-state index >= 15 is 0 Å². The number of pyridine rings is 1. The van der Waals surface area contributed by atoms with E-state index in [2.05, 4.69) is 15.1 Å². The summed E-state index contributed by atoms with van der Waals surface area (Å²) in [6.45, 7) is 0.241. The molecule has 0 saturated carbocycles. The van der Waals surface area contributed by atoms with Crippen LogP contribution in [0.4, 0.5) is 5.69 Å². The molecular formula is C16H12N6O4. The van der Waals surface area contributed by atoms with Crippen molar-refractivity contribution in [2.45, 2.75) is 6.61 Å². The van der Waals surface area contributed by atoms with Gasteiger partial charge in [0.1, 0.15) is 6.61 Å². The van der Waals surface area contributed by atoms with Gasteiger partial charge in [0, 0.05) is 37.3 Å². The van der Waals surface area contributed by atoms with Crippen molar-refractivity contribution >= 4 is 22.4 Å².